The first-order valence-electron chi connectivity index (χ1n) is 4.39. The lowest BCUT2D eigenvalue weighted by Gasteiger charge is -2.21. The van der Waals surface area contributed by atoms with Crippen LogP contribution >= 0.6 is 0 Å². The fourth-order valence-corrected chi connectivity index (χ4v) is 1.92. The highest BCUT2D eigenvalue weighted by molar-refractivity contribution is 4.84. The number of aliphatic hydroxyl groups is 1. The quantitative estimate of drug-likeness (QED) is 0.689. The molecule has 0 bridgehead atoms. The van der Waals surface area contributed by atoms with Gasteiger partial charge in [-0.15, -0.1) is 0 Å². The molecule has 1 rings (SSSR count). The van der Waals surface area contributed by atoms with E-state index in [9.17, 15) is 13.9 Å². The lowest BCUT2D eigenvalue weighted by Crippen LogP contribution is -2.22. The van der Waals surface area contributed by atoms with Crippen LogP contribution in [0.25, 0.3) is 0 Å². The maximum absolute atomic E-state index is 12.7. The van der Waals surface area contributed by atoms with Crippen molar-refractivity contribution in [2.45, 2.75) is 51.1 Å². The molecule has 0 radical (unpaired) electrons. The van der Waals surface area contributed by atoms with Gasteiger partial charge in [-0.25, -0.2) is 8.78 Å². The van der Waals surface area contributed by atoms with Crippen LogP contribution in [0.4, 0.5) is 8.78 Å². The van der Waals surface area contributed by atoms with E-state index in [1.807, 2.05) is 0 Å². The molecule has 0 aliphatic heterocycles. The van der Waals surface area contributed by atoms with Crippen LogP contribution in [0, 0.1) is 5.92 Å². The highest BCUT2D eigenvalue weighted by atomic mass is 19.3. The number of hydrogen-bond acceptors (Lipinski definition) is 1. The molecule has 0 heterocycles. The van der Waals surface area contributed by atoms with Gasteiger partial charge in [0.25, 0.3) is 0 Å². The highest BCUT2D eigenvalue weighted by Gasteiger charge is 2.40. The average Bonchev–Trinajstić information content (AvgIpc) is 2.05. The second-order valence-electron chi connectivity index (χ2n) is 4.48. The molecule has 1 fully saturated rings. The Bertz CT molecular complexity index is 160. The summed E-state index contributed by atoms with van der Waals surface area (Å²) in [6, 6.07) is 0. The summed E-state index contributed by atoms with van der Waals surface area (Å²) in [4.78, 5) is 0. The molecule has 0 spiro atoms. The lowest BCUT2D eigenvalue weighted by molar-refractivity contribution is -0.00233. The summed E-state index contributed by atoms with van der Waals surface area (Å²) in [7, 11) is 0. The predicted molar refractivity (Wildman–Crippen MR) is 43.2 cm³/mol. The van der Waals surface area contributed by atoms with Crippen molar-refractivity contribution in [3.05, 3.63) is 0 Å². The van der Waals surface area contributed by atoms with Crippen molar-refractivity contribution in [1.29, 1.82) is 0 Å². The summed E-state index contributed by atoms with van der Waals surface area (Å²) >= 11 is 0. The van der Waals surface area contributed by atoms with E-state index in [0.717, 1.165) is 0 Å². The molecule has 1 nitrogen and oxygen atoms in total. The van der Waals surface area contributed by atoms with Crippen LogP contribution in [0.1, 0.15) is 39.5 Å². The molecule has 1 N–H and O–H groups in total. The Labute approximate surface area is 71.8 Å². The third-order valence-corrected chi connectivity index (χ3v) is 2.29. The predicted octanol–water partition coefficient (Wildman–Crippen LogP) is 2.58. The topological polar surface area (TPSA) is 20.2 Å². The minimum Gasteiger partial charge on any atom is -0.390 e. The standard InChI is InChI=1S/C9H16F2O/c1-8(2,12)5-7-3-4-9(10,11)6-7/h7,12H,3-6H2,1-2H3. The van der Waals surface area contributed by atoms with Gasteiger partial charge in [-0.2, -0.15) is 0 Å². The monoisotopic (exact) mass is 178 g/mol. The van der Waals surface area contributed by atoms with Crippen molar-refractivity contribution in [3.8, 4) is 0 Å². The van der Waals surface area contributed by atoms with Gasteiger partial charge < -0.3 is 5.11 Å². The minimum absolute atomic E-state index is 0.000000000000000444. The second-order valence-corrected chi connectivity index (χ2v) is 4.48. The van der Waals surface area contributed by atoms with E-state index in [2.05, 4.69) is 0 Å². The zero-order chi connectivity index (χ0) is 9.41. The maximum Gasteiger partial charge on any atom is 0.248 e. The molecule has 0 aromatic carbocycles. The summed E-state index contributed by atoms with van der Waals surface area (Å²) in [5, 5.41) is 9.40. The molecule has 1 aliphatic carbocycles. The van der Waals surface area contributed by atoms with Gasteiger partial charge in [0.1, 0.15) is 0 Å². The van der Waals surface area contributed by atoms with E-state index in [4.69, 9.17) is 0 Å². The van der Waals surface area contributed by atoms with Crippen LogP contribution in [0.15, 0.2) is 0 Å². The summed E-state index contributed by atoms with van der Waals surface area (Å²) in [5.41, 5.74) is -0.801. The SMILES string of the molecule is CC(C)(O)CC1CCC(F)(F)C1. The summed E-state index contributed by atoms with van der Waals surface area (Å²) in [5.74, 6) is -2.48. The molecule has 0 aromatic rings. The summed E-state index contributed by atoms with van der Waals surface area (Å²) in [6.45, 7) is 3.34. The van der Waals surface area contributed by atoms with Gasteiger partial charge in [-0.1, -0.05) is 0 Å². The van der Waals surface area contributed by atoms with E-state index < -0.39 is 11.5 Å². The number of alkyl halides is 2. The first-order chi connectivity index (χ1) is 5.29. The fraction of sp³-hybridized carbons (Fsp3) is 1.00. The van der Waals surface area contributed by atoms with Crippen molar-refractivity contribution in [1.82, 2.24) is 0 Å². The Morgan fingerprint density at radius 3 is 2.42 bits per heavy atom. The van der Waals surface area contributed by atoms with E-state index in [-0.39, 0.29) is 18.8 Å². The van der Waals surface area contributed by atoms with Gasteiger partial charge in [0, 0.05) is 12.8 Å². The number of halogens is 2. The Morgan fingerprint density at radius 2 is 2.08 bits per heavy atom. The van der Waals surface area contributed by atoms with Gasteiger partial charge in [-0.3, -0.25) is 0 Å². The summed E-state index contributed by atoms with van der Waals surface area (Å²) < 4.78 is 25.4. The molecule has 1 saturated carbocycles. The minimum atomic E-state index is -2.48. The third-order valence-electron chi connectivity index (χ3n) is 2.29. The number of hydrogen-bond donors (Lipinski definition) is 1. The normalized spacial score (nSPS) is 29.2. The maximum atomic E-state index is 12.7. The van der Waals surface area contributed by atoms with Crippen LogP contribution in [-0.4, -0.2) is 16.6 Å². The molecule has 1 aliphatic rings. The molecule has 1 atom stereocenters. The smallest absolute Gasteiger partial charge is 0.248 e. The highest BCUT2D eigenvalue weighted by Crippen LogP contribution is 2.41. The molecule has 1 unspecified atom stereocenters. The van der Waals surface area contributed by atoms with Crippen molar-refractivity contribution < 1.29 is 13.9 Å². The van der Waals surface area contributed by atoms with Gasteiger partial charge in [0.05, 0.1) is 5.60 Å². The molecule has 0 saturated heterocycles. The van der Waals surface area contributed by atoms with Gasteiger partial charge in [0.2, 0.25) is 5.92 Å². The van der Waals surface area contributed by atoms with E-state index in [1.165, 1.54) is 0 Å². The lowest BCUT2D eigenvalue weighted by atomic mass is 9.92. The second kappa shape index (κ2) is 2.95. The first kappa shape index (κ1) is 9.90. The van der Waals surface area contributed by atoms with Crippen molar-refractivity contribution in [3.63, 3.8) is 0 Å². The van der Waals surface area contributed by atoms with Gasteiger partial charge in [-0.05, 0) is 32.6 Å². The largest absolute Gasteiger partial charge is 0.390 e. The van der Waals surface area contributed by atoms with E-state index in [1.54, 1.807) is 13.8 Å². The Morgan fingerprint density at radius 1 is 1.50 bits per heavy atom. The molecule has 72 valence electrons. The van der Waals surface area contributed by atoms with Crippen LogP contribution in [0.2, 0.25) is 0 Å². The van der Waals surface area contributed by atoms with E-state index >= 15 is 0 Å². The molecule has 3 heteroatoms. The van der Waals surface area contributed by atoms with Crippen LogP contribution in [0.3, 0.4) is 0 Å². The molecular formula is C9H16F2O. The van der Waals surface area contributed by atoms with Gasteiger partial charge in [0.15, 0.2) is 0 Å². The van der Waals surface area contributed by atoms with Crippen LogP contribution in [0.5, 0.6) is 0 Å². The summed E-state index contributed by atoms with van der Waals surface area (Å²) in [6.07, 6.45) is 0.990. The van der Waals surface area contributed by atoms with Crippen molar-refractivity contribution >= 4 is 0 Å². The molecular weight excluding hydrogens is 162 g/mol. The fourth-order valence-electron chi connectivity index (χ4n) is 1.92. The zero-order valence-corrected chi connectivity index (χ0v) is 7.61. The Kier molecular flexibility index (Phi) is 2.43. The van der Waals surface area contributed by atoms with Crippen LogP contribution < -0.4 is 0 Å². The van der Waals surface area contributed by atoms with Crippen LogP contribution in [-0.2, 0) is 0 Å². The van der Waals surface area contributed by atoms with Gasteiger partial charge >= 0.3 is 0 Å². The Hall–Kier alpha value is -0.180. The zero-order valence-electron chi connectivity index (χ0n) is 7.61. The molecule has 0 amide bonds. The van der Waals surface area contributed by atoms with E-state index in [0.29, 0.717) is 12.8 Å². The number of rotatable bonds is 2. The molecule has 0 aromatic heterocycles. The first-order valence-corrected chi connectivity index (χ1v) is 4.39. The van der Waals surface area contributed by atoms with Crippen molar-refractivity contribution in [2.75, 3.05) is 0 Å². The average molecular weight is 178 g/mol. The third kappa shape index (κ3) is 3.05. The Balaban J connectivity index is 2.39. The van der Waals surface area contributed by atoms with Crippen molar-refractivity contribution in [2.24, 2.45) is 5.92 Å². The molecule has 12 heavy (non-hydrogen) atoms.